The van der Waals surface area contributed by atoms with Crippen LogP contribution in [0.4, 0.5) is 5.82 Å². The van der Waals surface area contributed by atoms with Crippen molar-refractivity contribution < 1.29 is 0 Å². The molecule has 0 aliphatic rings. The summed E-state index contributed by atoms with van der Waals surface area (Å²) >= 11 is 0. The van der Waals surface area contributed by atoms with Crippen LogP contribution in [0.2, 0.25) is 0 Å². The van der Waals surface area contributed by atoms with Crippen molar-refractivity contribution in [1.29, 1.82) is 0 Å². The second-order valence-corrected chi connectivity index (χ2v) is 3.66. The van der Waals surface area contributed by atoms with Crippen LogP contribution < -0.4 is 5.32 Å². The first-order valence-corrected chi connectivity index (χ1v) is 5.49. The molecule has 1 N–H and O–H groups in total. The van der Waals surface area contributed by atoms with Gasteiger partial charge in [-0.1, -0.05) is 6.07 Å². The third-order valence-electron chi connectivity index (χ3n) is 2.47. The van der Waals surface area contributed by atoms with Gasteiger partial charge in [-0.15, -0.1) is 0 Å². The van der Waals surface area contributed by atoms with E-state index in [4.69, 9.17) is 0 Å². The van der Waals surface area contributed by atoms with E-state index in [0.717, 1.165) is 31.2 Å². The fourth-order valence-electron chi connectivity index (χ4n) is 1.57. The van der Waals surface area contributed by atoms with Crippen LogP contribution in [0.3, 0.4) is 0 Å². The minimum Gasteiger partial charge on any atom is -0.370 e. The zero-order chi connectivity index (χ0) is 11.2. The Bertz CT molecular complexity index is 422. The quantitative estimate of drug-likeness (QED) is 0.778. The van der Waals surface area contributed by atoms with E-state index in [-0.39, 0.29) is 0 Å². The minimum atomic E-state index is 0.925. The summed E-state index contributed by atoms with van der Waals surface area (Å²) < 4.78 is 2.15. The van der Waals surface area contributed by atoms with Gasteiger partial charge in [-0.25, -0.2) is 9.97 Å². The SMILES string of the molecule is Cc1nccn1CCCNc1ccccn1. The molecule has 0 amide bonds. The van der Waals surface area contributed by atoms with Crippen molar-refractivity contribution in [3.05, 3.63) is 42.6 Å². The van der Waals surface area contributed by atoms with Gasteiger partial charge >= 0.3 is 0 Å². The molecule has 0 aliphatic carbocycles. The monoisotopic (exact) mass is 216 g/mol. The molecular weight excluding hydrogens is 200 g/mol. The van der Waals surface area contributed by atoms with E-state index in [0.29, 0.717) is 0 Å². The van der Waals surface area contributed by atoms with Gasteiger partial charge in [-0.3, -0.25) is 0 Å². The predicted octanol–water partition coefficient (Wildman–Crippen LogP) is 2.09. The Kier molecular flexibility index (Phi) is 3.53. The molecule has 16 heavy (non-hydrogen) atoms. The average molecular weight is 216 g/mol. The molecule has 0 unspecified atom stereocenters. The molecule has 2 aromatic heterocycles. The van der Waals surface area contributed by atoms with Crippen LogP contribution in [-0.2, 0) is 6.54 Å². The zero-order valence-corrected chi connectivity index (χ0v) is 9.43. The van der Waals surface area contributed by atoms with Gasteiger partial charge in [0.2, 0.25) is 0 Å². The Hall–Kier alpha value is -1.84. The molecule has 2 rings (SSSR count). The summed E-state index contributed by atoms with van der Waals surface area (Å²) in [5.74, 6) is 2.00. The van der Waals surface area contributed by atoms with Gasteiger partial charge in [0.05, 0.1) is 0 Å². The van der Waals surface area contributed by atoms with Crippen LogP contribution in [0, 0.1) is 6.92 Å². The van der Waals surface area contributed by atoms with Crippen LogP contribution in [0.25, 0.3) is 0 Å². The number of aryl methyl sites for hydroxylation is 2. The van der Waals surface area contributed by atoms with Crippen LogP contribution in [-0.4, -0.2) is 21.1 Å². The van der Waals surface area contributed by atoms with Crippen molar-refractivity contribution in [1.82, 2.24) is 14.5 Å². The van der Waals surface area contributed by atoms with E-state index < -0.39 is 0 Å². The molecule has 84 valence electrons. The zero-order valence-electron chi connectivity index (χ0n) is 9.43. The number of anilines is 1. The maximum Gasteiger partial charge on any atom is 0.125 e. The lowest BCUT2D eigenvalue weighted by atomic mass is 10.4. The molecule has 4 nitrogen and oxygen atoms in total. The second-order valence-electron chi connectivity index (χ2n) is 3.66. The first-order valence-electron chi connectivity index (χ1n) is 5.49. The van der Waals surface area contributed by atoms with Gasteiger partial charge < -0.3 is 9.88 Å². The summed E-state index contributed by atoms with van der Waals surface area (Å²) in [5.41, 5.74) is 0. The van der Waals surface area contributed by atoms with Crippen molar-refractivity contribution in [2.75, 3.05) is 11.9 Å². The summed E-state index contributed by atoms with van der Waals surface area (Å²) in [6.45, 7) is 3.94. The third-order valence-corrected chi connectivity index (χ3v) is 2.47. The first-order chi connectivity index (χ1) is 7.86. The second kappa shape index (κ2) is 5.30. The van der Waals surface area contributed by atoms with Crippen LogP contribution in [0.1, 0.15) is 12.2 Å². The summed E-state index contributed by atoms with van der Waals surface area (Å²) in [4.78, 5) is 8.38. The topological polar surface area (TPSA) is 42.7 Å². The highest BCUT2D eigenvalue weighted by molar-refractivity contribution is 5.32. The molecule has 0 atom stereocenters. The lowest BCUT2D eigenvalue weighted by molar-refractivity contribution is 0.642. The van der Waals surface area contributed by atoms with E-state index in [2.05, 4.69) is 19.9 Å². The molecule has 0 bridgehead atoms. The summed E-state index contributed by atoms with van der Waals surface area (Å²) in [7, 11) is 0. The molecular formula is C12H16N4. The van der Waals surface area contributed by atoms with Crippen molar-refractivity contribution in [3.8, 4) is 0 Å². The molecule has 2 heterocycles. The Morgan fingerprint density at radius 3 is 2.88 bits per heavy atom. The van der Waals surface area contributed by atoms with Crippen LogP contribution in [0.5, 0.6) is 0 Å². The molecule has 0 saturated carbocycles. The van der Waals surface area contributed by atoms with E-state index in [9.17, 15) is 0 Å². The van der Waals surface area contributed by atoms with Gasteiger partial charge in [-0.2, -0.15) is 0 Å². The first kappa shape index (κ1) is 10.7. The Morgan fingerprint density at radius 2 is 2.19 bits per heavy atom. The van der Waals surface area contributed by atoms with Crippen molar-refractivity contribution >= 4 is 5.82 Å². The third kappa shape index (κ3) is 2.82. The molecule has 0 fully saturated rings. The van der Waals surface area contributed by atoms with Gasteiger partial charge in [0, 0.05) is 31.7 Å². The largest absolute Gasteiger partial charge is 0.370 e. The smallest absolute Gasteiger partial charge is 0.125 e. The molecule has 4 heteroatoms. The number of imidazole rings is 1. The number of nitrogens with zero attached hydrogens (tertiary/aromatic N) is 3. The molecule has 2 aromatic rings. The number of rotatable bonds is 5. The van der Waals surface area contributed by atoms with E-state index >= 15 is 0 Å². The highest BCUT2D eigenvalue weighted by Crippen LogP contribution is 2.01. The summed E-state index contributed by atoms with van der Waals surface area (Å²) in [6, 6.07) is 5.87. The van der Waals surface area contributed by atoms with Crippen LogP contribution >= 0.6 is 0 Å². The minimum absolute atomic E-state index is 0.925. The standard InChI is InChI=1S/C12H16N4/c1-11-13-8-10-16(11)9-4-7-15-12-5-2-3-6-14-12/h2-3,5-6,8,10H,4,7,9H2,1H3,(H,14,15). The normalized spacial score (nSPS) is 10.3. The van der Waals surface area contributed by atoms with Gasteiger partial charge in [-0.05, 0) is 25.5 Å². The van der Waals surface area contributed by atoms with E-state index in [1.54, 1.807) is 6.20 Å². The van der Waals surface area contributed by atoms with Gasteiger partial charge in [0.15, 0.2) is 0 Å². The number of hydrogen-bond donors (Lipinski definition) is 1. The molecule has 0 spiro atoms. The summed E-state index contributed by atoms with van der Waals surface area (Å²) in [6.07, 6.45) is 6.70. The fraction of sp³-hybridized carbons (Fsp3) is 0.333. The average Bonchev–Trinajstić information content (AvgIpc) is 2.72. The van der Waals surface area contributed by atoms with Crippen molar-refractivity contribution in [2.45, 2.75) is 19.9 Å². The lowest BCUT2D eigenvalue weighted by Crippen LogP contribution is -2.07. The highest BCUT2D eigenvalue weighted by Gasteiger charge is 1.96. The maximum atomic E-state index is 4.20. The Morgan fingerprint density at radius 1 is 1.25 bits per heavy atom. The Labute approximate surface area is 95.4 Å². The van der Waals surface area contributed by atoms with E-state index in [1.807, 2.05) is 37.5 Å². The van der Waals surface area contributed by atoms with Gasteiger partial charge in [0.1, 0.15) is 11.6 Å². The van der Waals surface area contributed by atoms with E-state index in [1.165, 1.54) is 0 Å². The number of nitrogens with one attached hydrogen (secondary N) is 1. The fourth-order valence-corrected chi connectivity index (χ4v) is 1.57. The molecule has 0 aromatic carbocycles. The molecule has 0 radical (unpaired) electrons. The van der Waals surface area contributed by atoms with Crippen LogP contribution in [0.15, 0.2) is 36.8 Å². The lowest BCUT2D eigenvalue weighted by Gasteiger charge is -2.06. The number of aromatic nitrogens is 3. The summed E-state index contributed by atoms with van der Waals surface area (Å²) in [5, 5.41) is 3.28. The maximum absolute atomic E-state index is 4.20. The predicted molar refractivity (Wildman–Crippen MR) is 64.3 cm³/mol. The number of hydrogen-bond acceptors (Lipinski definition) is 3. The molecule has 0 aliphatic heterocycles. The van der Waals surface area contributed by atoms with Crippen molar-refractivity contribution in [3.63, 3.8) is 0 Å². The molecule has 0 saturated heterocycles. The van der Waals surface area contributed by atoms with Crippen molar-refractivity contribution in [2.24, 2.45) is 0 Å². The number of pyridine rings is 1. The van der Waals surface area contributed by atoms with Gasteiger partial charge in [0.25, 0.3) is 0 Å². The Balaban J connectivity index is 1.72. The highest BCUT2D eigenvalue weighted by atomic mass is 15.1.